The van der Waals surface area contributed by atoms with Gasteiger partial charge in [0.2, 0.25) is 5.91 Å². The fraction of sp³-hybridized carbons (Fsp3) is 0.240. The van der Waals surface area contributed by atoms with Gasteiger partial charge in [0, 0.05) is 53.7 Å². The van der Waals surface area contributed by atoms with Gasteiger partial charge in [0.05, 0.1) is 12.2 Å². The highest BCUT2D eigenvalue weighted by Gasteiger charge is 2.37. The molecule has 1 atom stereocenters. The number of aromatic amines is 1. The Morgan fingerprint density at radius 3 is 2.50 bits per heavy atom. The van der Waals surface area contributed by atoms with Crippen LogP contribution in [0, 0.1) is 0 Å². The summed E-state index contributed by atoms with van der Waals surface area (Å²) in [6, 6.07) is 17.1. The van der Waals surface area contributed by atoms with Crippen LogP contribution in [0.15, 0.2) is 70.5 Å². The van der Waals surface area contributed by atoms with E-state index in [2.05, 4.69) is 10.1 Å². The quantitative estimate of drug-likeness (QED) is 0.431. The summed E-state index contributed by atoms with van der Waals surface area (Å²) in [6.45, 7) is 2.15. The number of nitrogens with one attached hydrogen (secondary N) is 1. The molecule has 9 nitrogen and oxygen atoms in total. The van der Waals surface area contributed by atoms with Crippen molar-refractivity contribution >= 4 is 38.4 Å². The van der Waals surface area contributed by atoms with E-state index < -0.39 is 10.0 Å². The van der Waals surface area contributed by atoms with E-state index in [0.29, 0.717) is 28.2 Å². The number of aryl methyl sites for hydroxylation is 1. The Morgan fingerprint density at radius 1 is 1.06 bits per heavy atom. The fourth-order valence-corrected chi connectivity index (χ4v) is 6.03. The Labute approximate surface area is 213 Å². The number of aromatic nitrogens is 3. The molecule has 1 saturated heterocycles. The third-order valence-electron chi connectivity index (χ3n) is 6.37. The van der Waals surface area contributed by atoms with Crippen molar-refractivity contribution in [1.29, 1.82) is 0 Å². The van der Waals surface area contributed by atoms with Crippen molar-refractivity contribution in [3.63, 3.8) is 0 Å². The SMILES string of the molecule is C[C@H]1CN(S(=O)(=O)c2cc3cc(Cl)ccc3[nH]2)CC(=O)N1Cc1ccc(-c2ccc(=O)n(C)n2)cc1. The topological polar surface area (TPSA) is 108 Å². The normalized spacial score (nSPS) is 17.1. The van der Waals surface area contributed by atoms with Gasteiger partial charge in [0.25, 0.3) is 15.6 Å². The number of piperazine rings is 1. The zero-order valence-electron chi connectivity index (χ0n) is 19.7. The molecule has 0 spiro atoms. The maximum Gasteiger partial charge on any atom is 0.266 e. The van der Waals surface area contributed by atoms with Crippen LogP contribution in [0.4, 0.5) is 0 Å². The van der Waals surface area contributed by atoms with Crippen LogP contribution in [0.5, 0.6) is 0 Å². The average molecular weight is 526 g/mol. The minimum Gasteiger partial charge on any atom is -0.345 e. The van der Waals surface area contributed by atoms with E-state index in [-0.39, 0.29) is 35.6 Å². The molecule has 0 aliphatic carbocycles. The second kappa shape index (κ2) is 9.20. The molecule has 0 saturated carbocycles. The number of benzene rings is 2. The summed E-state index contributed by atoms with van der Waals surface area (Å²) in [5, 5.41) is 5.50. The first-order valence-corrected chi connectivity index (χ1v) is 13.2. The van der Waals surface area contributed by atoms with Crippen molar-refractivity contribution < 1.29 is 13.2 Å². The van der Waals surface area contributed by atoms with Crippen LogP contribution in [0.3, 0.4) is 0 Å². The molecule has 186 valence electrons. The summed E-state index contributed by atoms with van der Waals surface area (Å²) in [7, 11) is -2.29. The van der Waals surface area contributed by atoms with E-state index in [1.54, 1.807) is 42.3 Å². The van der Waals surface area contributed by atoms with Crippen LogP contribution in [0.25, 0.3) is 22.2 Å². The molecule has 1 amide bonds. The zero-order valence-corrected chi connectivity index (χ0v) is 21.3. The summed E-state index contributed by atoms with van der Waals surface area (Å²) in [5.74, 6) is -0.264. The molecular weight excluding hydrogens is 502 g/mol. The Balaban J connectivity index is 1.30. The van der Waals surface area contributed by atoms with Gasteiger partial charge in [0.1, 0.15) is 5.03 Å². The Bertz CT molecular complexity index is 1630. The van der Waals surface area contributed by atoms with E-state index in [1.807, 2.05) is 31.2 Å². The number of halogens is 1. The van der Waals surface area contributed by atoms with Gasteiger partial charge in [0.15, 0.2) is 0 Å². The fourth-order valence-electron chi connectivity index (χ4n) is 4.36. The summed E-state index contributed by atoms with van der Waals surface area (Å²) >= 11 is 6.02. The van der Waals surface area contributed by atoms with Gasteiger partial charge in [-0.1, -0.05) is 35.9 Å². The molecule has 1 aliphatic rings. The minimum absolute atomic E-state index is 0.0378. The highest BCUT2D eigenvalue weighted by molar-refractivity contribution is 7.89. The average Bonchev–Trinajstić information content (AvgIpc) is 3.27. The molecule has 1 aliphatic heterocycles. The van der Waals surface area contributed by atoms with Gasteiger partial charge >= 0.3 is 0 Å². The predicted octanol–water partition coefficient (Wildman–Crippen LogP) is 3.00. The molecule has 4 aromatic rings. The van der Waals surface area contributed by atoms with E-state index in [9.17, 15) is 18.0 Å². The summed E-state index contributed by atoms with van der Waals surface area (Å²) in [5.41, 5.74) is 2.91. The Hall–Kier alpha value is -3.47. The second-order valence-electron chi connectivity index (χ2n) is 8.91. The molecule has 5 rings (SSSR count). The summed E-state index contributed by atoms with van der Waals surface area (Å²) < 4.78 is 29.1. The van der Waals surface area contributed by atoms with Crippen molar-refractivity contribution in [3.8, 4) is 11.3 Å². The molecule has 0 radical (unpaired) electrons. The van der Waals surface area contributed by atoms with E-state index in [4.69, 9.17) is 11.6 Å². The predicted molar refractivity (Wildman–Crippen MR) is 137 cm³/mol. The van der Waals surface area contributed by atoms with Gasteiger partial charge in [-0.2, -0.15) is 9.40 Å². The molecular formula is C25H24ClN5O4S. The van der Waals surface area contributed by atoms with Crippen molar-refractivity contribution in [1.82, 2.24) is 24.0 Å². The van der Waals surface area contributed by atoms with Crippen molar-refractivity contribution in [2.24, 2.45) is 7.05 Å². The van der Waals surface area contributed by atoms with Gasteiger partial charge in [-0.25, -0.2) is 13.1 Å². The van der Waals surface area contributed by atoms with E-state index in [1.165, 1.54) is 15.1 Å². The van der Waals surface area contributed by atoms with Crippen molar-refractivity contribution in [2.75, 3.05) is 13.1 Å². The standard InChI is InChI=1S/C25H24ClN5O4S/c1-16-13-30(36(34,35)23-12-19-11-20(26)7-8-21(19)27-23)15-25(33)31(16)14-17-3-5-18(6-4-17)22-9-10-24(32)29(2)28-22/h3-12,16,27H,13-15H2,1-2H3/t16-/m0/s1. The number of hydrogen-bond donors (Lipinski definition) is 1. The van der Waals surface area contributed by atoms with Gasteiger partial charge in [-0.15, -0.1) is 0 Å². The third-order valence-corrected chi connectivity index (χ3v) is 8.34. The molecule has 36 heavy (non-hydrogen) atoms. The van der Waals surface area contributed by atoms with Crippen LogP contribution in [-0.2, 0) is 28.4 Å². The number of carbonyl (C=O) groups is 1. The molecule has 2 aromatic carbocycles. The van der Waals surface area contributed by atoms with Crippen molar-refractivity contribution in [3.05, 3.63) is 81.6 Å². The number of carbonyl (C=O) groups excluding carboxylic acids is 1. The molecule has 1 N–H and O–H groups in total. The van der Waals surface area contributed by atoms with E-state index >= 15 is 0 Å². The first-order chi connectivity index (χ1) is 17.1. The van der Waals surface area contributed by atoms with Crippen LogP contribution in [-0.4, -0.2) is 57.4 Å². The number of nitrogens with zero attached hydrogens (tertiary/aromatic N) is 4. The number of amides is 1. The highest BCUT2D eigenvalue weighted by atomic mass is 35.5. The van der Waals surface area contributed by atoms with Gasteiger partial charge in [-0.3, -0.25) is 9.59 Å². The lowest BCUT2D eigenvalue weighted by atomic mass is 10.1. The lowest BCUT2D eigenvalue weighted by Gasteiger charge is -2.38. The summed E-state index contributed by atoms with van der Waals surface area (Å²) in [4.78, 5) is 29.2. The first kappa shape index (κ1) is 24.2. The van der Waals surface area contributed by atoms with Crippen LogP contribution in [0.1, 0.15) is 12.5 Å². The molecule has 3 heterocycles. The highest BCUT2D eigenvalue weighted by Crippen LogP contribution is 2.27. The largest absolute Gasteiger partial charge is 0.345 e. The molecule has 11 heteroatoms. The van der Waals surface area contributed by atoms with Crippen molar-refractivity contribution in [2.45, 2.75) is 24.5 Å². The smallest absolute Gasteiger partial charge is 0.266 e. The number of fused-ring (bicyclic) bond motifs is 1. The molecule has 1 fully saturated rings. The monoisotopic (exact) mass is 525 g/mol. The molecule has 0 unspecified atom stereocenters. The maximum absolute atomic E-state index is 13.3. The number of rotatable bonds is 5. The van der Waals surface area contributed by atoms with Crippen LogP contribution >= 0.6 is 11.6 Å². The number of sulfonamides is 1. The Kier molecular flexibility index (Phi) is 6.19. The van der Waals surface area contributed by atoms with Crippen LogP contribution < -0.4 is 5.56 Å². The van der Waals surface area contributed by atoms with E-state index in [0.717, 1.165) is 11.1 Å². The number of hydrogen-bond acceptors (Lipinski definition) is 5. The zero-order chi connectivity index (χ0) is 25.6. The lowest BCUT2D eigenvalue weighted by Crippen LogP contribution is -2.56. The molecule has 2 aromatic heterocycles. The number of H-pyrrole nitrogens is 1. The van der Waals surface area contributed by atoms with Gasteiger partial charge in [-0.05, 0) is 42.8 Å². The maximum atomic E-state index is 13.3. The second-order valence-corrected chi connectivity index (χ2v) is 11.3. The minimum atomic E-state index is -3.89. The Morgan fingerprint density at radius 2 is 1.81 bits per heavy atom. The molecule has 0 bridgehead atoms. The van der Waals surface area contributed by atoms with Crippen LogP contribution in [0.2, 0.25) is 5.02 Å². The lowest BCUT2D eigenvalue weighted by molar-refractivity contribution is -0.137. The summed E-state index contributed by atoms with van der Waals surface area (Å²) in [6.07, 6.45) is 0. The van der Waals surface area contributed by atoms with Gasteiger partial charge < -0.3 is 9.88 Å². The first-order valence-electron chi connectivity index (χ1n) is 11.3. The third kappa shape index (κ3) is 4.55.